The maximum absolute atomic E-state index is 13.2. The fourth-order valence-electron chi connectivity index (χ4n) is 2.23. The normalized spacial score (nSPS) is 10.0. The summed E-state index contributed by atoms with van der Waals surface area (Å²) in [5.41, 5.74) is 1.56. The highest BCUT2D eigenvalue weighted by Crippen LogP contribution is 2.18. The van der Waals surface area contributed by atoms with Crippen molar-refractivity contribution in [3.8, 4) is 6.07 Å². The Kier molecular flexibility index (Phi) is 4.85. The van der Waals surface area contributed by atoms with Gasteiger partial charge in [0.05, 0.1) is 11.6 Å². The van der Waals surface area contributed by atoms with Gasteiger partial charge in [-0.3, -0.25) is 4.79 Å². The molecule has 2 aromatic carbocycles. The van der Waals surface area contributed by atoms with E-state index < -0.39 is 17.5 Å². The van der Waals surface area contributed by atoms with Crippen molar-refractivity contribution < 1.29 is 13.6 Å². The van der Waals surface area contributed by atoms with Gasteiger partial charge in [-0.25, -0.2) is 13.8 Å². The fraction of sp³-hybridized carbons (Fsp3) is 0. The second-order valence-electron chi connectivity index (χ2n) is 5.33. The highest BCUT2D eigenvalue weighted by atomic mass is 19.2. The van der Waals surface area contributed by atoms with Crippen LogP contribution in [0.1, 0.15) is 15.9 Å². The zero-order valence-corrected chi connectivity index (χ0v) is 13.3. The zero-order valence-electron chi connectivity index (χ0n) is 13.3. The van der Waals surface area contributed by atoms with E-state index in [-0.39, 0.29) is 11.3 Å². The molecule has 0 unspecified atom stereocenters. The highest BCUT2D eigenvalue weighted by molar-refractivity contribution is 6.04. The van der Waals surface area contributed by atoms with Crippen LogP contribution in [0.5, 0.6) is 0 Å². The molecule has 7 heteroatoms. The summed E-state index contributed by atoms with van der Waals surface area (Å²) < 4.78 is 26.2. The Balaban J connectivity index is 1.76. The zero-order chi connectivity index (χ0) is 18.5. The molecule has 0 aliphatic rings. The van der Waals surface area contributed by atoms with E-state index in [0.29, 0.717) is 17.1 Å². The maximum Gasteiger partial charge on any atom is 0.255 e. The standard InChI is InChI=1S/C19H12F2N4O/c20-16-5-4-15(10-17(16)21)25-19(26)13-6-7-23-18(9-13)24-14-3-1-2-12(8-14)11-22/h1-10H,(H,23,24)(H,25,26). The third-order valence-corrected chi connectivity index (χ3v) is 3.46. The first-order valence-electron chi connectivity index (χ1n) is 7.55. The Morgan fingerprint density at radius 1 is 1.00 bits per heavy atom. The van der Waals surface area contributed by atoms with Crippen LogP contribution in [0.2, 0.25) is 0 Å². The van der Waals surface area contributed by atoms with Gasteiger partial charge in [0.1, 0.15) is 5.82 Å². The van der Waals surface area contributed by atoms with E-state index >= 15 is 0 Å². The summed E-state index contributed by atoms with van der Waals surface area (Å²) in [5.74, 6) is -2.12. The molecule has 0 spiro atoms. The first-order chi connectivity index (χ1) is 12.5. The number of amides is 1. The van der Waals surface area contributed by atoms with Gasteiger partial charge in [-0.2, -0.15) is 5.26 Å². The number of pyridine rings is 1. The van der Waals surface area contributed by atoms with Crippen LogP contribution in [0.3, 0.4) is 0 Å². The number of nitrogens with zero attached hydrogens (tertiary/aromatic N) is 2. The summed E-state index contributed by atoms with van der Waals surface area (Å²) in [7, 11) is 0. The second-order valence-corrected chi connectivity index (χ2v) is 5.33. The number of benzene rings is 2. The van der Waals surface area contributed by atoms with Crippen LogP contribution < -0.4 is 10.6 Å². The number of halogens is 2. The van der Waals surface area contributed by atoms with Crippen LogP contribution in [0.15, 0.2) is 60.8 Å². The number of carbonyl (C=O) groups is 1. The molecule has 0 fully saturated rings. The van der Waals surface area contributed by atoms with E-state index in [1.165, 1.54) is 24.4 Å². The van der Waals surface area contributed by atoms with Crippen molar-refractivity contribution in [1.29, 1.82) is 5.26 Å². The number of rotatable bonds is 4. The molecule has 0 aliphatic carbocycles. The lowest BCUT2D eigenvalue weighted by Crippen LogP contribution is -2.12. The van der Waals surface area contributed by atoms with Gasteiger partial charge in [-0.15, -0.1) is 0 Å². The molecule has 26 heavy (non-hydrogen) atoms. The maximum atomic E-state index is 13.2. The molecular formula is C19H12F2N4O. The number of hydrogen-bond donors (Lipinski definition) is 2. The predicted molar refractivity (Wildman–Crippen MR) is 93.0 cm³/mol. The monoisotopic (exact) mass is 350 g/mol. The van der Waals surface area contributed by atoms with Gasteiger partial charge in [-0.05, 0) is 42.5 Å². The number of anilines is 3. The van der Waals surface area contributed by atoms with Crippen LogP contribution in [-0.2, 0) is 0 Å². The van der Waals surface area contributed by atoms with E-state index in [1.807, 2.05) is 6.07 Å². The molecule has 3 aromatic rings. The van der Waals surface area contributed by atoms with E-state index in [4.69, 9.17) is 5.26 Å². The lowest BCUT2D eigenvalue weighted by atomic mass is 10.2. The lowest BCUT2D eigenvalue weighted by molar-refractivity contribution is 0.102. The van der Waals surface area contributed by atoms with Gasteiger partial charge >= 0.3 is 0 Å². The summed E-state index contributed by atoms with van der Waals surface area (Å²) in [5, 5.41) is 14.4. The molecular weight excluding hydrogens is 338 g/mol. The first kappa shape index (κ1) is 17.0. The van der Waals surface area contributed by atoms with Crippen molar-refractivity contribution >= 4 is 23.1 Å². The number of carbonyl (C=O) groups excluding carboxylic acids is 1. The molecule has 0 bridgehead atoms. The topological polar surface area (TPSA) is 77.8 Å². The average Bonchev–Trinajstić information content (AvgIpc) is 2.65. The minimum absolute atomic E-state index is 0.141. The van der Waals surface area contributed by atoms with Crippen molar-refractivity contribution in [3.63, 3.8) is 0 Å². The number of hydrogen-bond acceptors (Lipinski definition) is 4. The number of nitrogens with one attached hydrogen (secondary N) is 2. The fourth-order valence-corrected chi connectivity index (χ4v) is 2.23. The Labute approximate surface area is 147 Å². The van der Waals surface area contributed by atoms with Crippen molar-refractivity contribution in [3.05, 3.63) is 83.6 Å². The van der Waals surface area contributed by atoms with Crippen LogP contribution in [0, 0.1) is 23.0 Å². The van der Waals surface area contributed by atoms with Crippen molar-refractivity contribution in [1.82, 2.24) is 4.98 Å². The quantitative estimate of drug-likeness (QED) is 0.738. The molecule has 0 atom stereocenters. The summed E-state index contributed by atoms with van der Waals surface area (Å²) in [4.78, 5) is 16.4. The smallest absolute Gasteiger partial charge is 0.255 e. The van der Waals surface area contributed by atoms with Gasteiger partial charge in [0.2, 0.25) is 0 Å². The van der Waals surface area contributed by atoms with Crippen LogP contribution in [0.25, 0.3) is 0 Å². The molecule has 3 rings (SSSR count). The van der Waals surface area contributed by atoms with Crippen molar-refractivity contribution in [2.45, 2.75) is 0 Å². The van der Waals surface area contributed by atoms with Crippen LogP contribution in [0.4, 0.5) is 26.0 Å². The first-order valence-corrected chi connectivity index (χ1v) is 7.55. The third kappa shape index (κ3) is 3.99. The summed E-state index contributed by atoms with van der Waals surface area (Å²) in [6, 6.07) is 14.9. The molecule has 0 saturated carbocycles. The van der Waals surface area contributed by atoms with Crippen molar-refractivity contribution in [2.75, 3.05) is 10.6 Å². The van der Waals surface area contributed by atoms with E-state index in [1.54, 1.807) is 24.3 Å². The molecule has 1 amide bonds. The van der Waals surface area contributed by atoms with E-state index in [9.17, 15) is 13.6 Å². The number of nitriles is 1. The summed E-state index contributed by atoms with van der Waals surface area (Å²) in [6.07, 6.45) is 1.44. The van der Waals surface area contributed by atoms with Gasteiger partial charge in [-0.1, -0.05) is 6.07 Å². The van der Waals surface area contributed by atoms with Gasteiger partial charge in [0.25, 0.3) is 5.91 Å². The summed E-state index contributed by atoms with van der Waals surface area (Å²) >= 11 is 0. The molecule has 1 heterocycles. The molecule has 1 aromatic heterocycles. The highest BCUT2D eigenvalue weighted by Gasteiger charge is 2.10. The van der Waals surface area contributed by atoms with Crippen LogP contribution in [-0.4, -0.2) is 10.9 Å². The second kappa shape index (κ2) is 7.40. The molecule has 128 valence electrons. The average molecular weight is 350 g/mol. The third-order valence-electron chi connectivity index (χ3n) is 3.46. The van der Waals surface area contributed by atoms with E-state index in [0.717, 1.165) is 12.1 Å². The van der Waals surface area contributed by atoms with Gasteiger partial charge in [0, 0.05) is 29.2 Å². The lowest BCUT2D eigenvalue weighted by Gasteiger charge is -2.09. The minimum atomic E-state index is -1.04. The molecule has 0 radical (unpaired) electrons. The van der Waals surface area contributed by atoms with Crippen LogP contribution >= 0.6 is 0 Å². The molecule has 5 nitrogen and oxygen atoms in total. The van der Waals surface area contributed by atoms with Crippen molar-refractivity contribution in [2.24, 2.45) is 0 Å². The Morgan fingerprint density at radius 3 is 2.62 bits per heavy atom. The Bertz CT molecular complexity index is 1010. The molecule has 0 aliphatic heterocycles. The van der Waals surface area contributed by atoms with Gasteiger partial charge in [0.15, 0.2) is 11.6 Å². The minimum Gasteiger partial charge on any atom is -0.340 e. The largest absolute Gasteiger partial charge is 0.340 e. The SMILES string of the molecule is N#Cc1cccc(Nc2cc(C(=O)Nc3ccc(F)c(F)c3)ccn2)c1. The molecule has 0 saturated heterocycles. The predicted octanol–water partition coefficient (Wildman–Crippen LogP) is 4.23. The van der Waals surface area contributed by atoms with E-state index in [2.05, 4.69) is 15.6 Å². The molecule has 2 N–H and O–H groups in total. The summed E-state index contributed by atoms with van der Waals surface area (Å²) in [6.45, 7) is 0. The number of aromatic nitrogens is 1. The Hall–Kier alpha value is -3.79. The van der Waals surface area contributed by atoms with Gasteiger partial charge < -0.3 is 10.6 Å². The Morgan fingerprint density at radius 2 is 1.85 bits per heavy atom.